The Kier molecular flexibility index (Phi) is 9.70. The van der Waals surface area contributed by atoms with Crippen molar-refractivity contribution in [2.24, 2.45) is 5.73 Å². The summed E-state index contributed by atoms with van der Waals surface area (Å²) in [6, 6.07) is 20.6. The molecule has 4 rings (SSSR count). The van der Waals surface area contributed by atoms with Gasteiger partial charge in [0.2, 0.25) is 5.91 Å². The van der Waals surface area contributed by atoms with E-state index in [1.165, 1.54) is 11.8 Å². The van der Waals surface area contributed by atoms with Gasteiger partial charge in [0.05, 0.1) is 19.1 Å². The van der Waals surface area contributed by atoms with Crippen molar-refractivity contribution in [2.45, 2.75) is 55.2 Å². The van der Waals surface area contributed by atoms with Crippen molar-refractivity contribution >= 4 is 29.3 Å². The van der Waals surface area contributed by atoms with E-state index < -0.39 is 36.4 Å². The number of halogens is 1. The van der Waals surface area contributed by atoms with Crippen molar-refractivity contribution in [3.8, 4) is 5.75 Å². The van der Waals surface area contributed by atoms with Gasteiger partial charge in [-0.25, -0.2) is 0 Å². The number of carbonyl (C=O) groups is 1. The molecule has 0 aromatic heterocycles. The molecule has 5 N–H and O–H groups in total. The predicted octanol–water partition coefficient (Wildman–Crippen LogP) is 3.67. The number of primary amides is 1. The molecule has 1 amide bonds. The van der Waals surface area contributed by atoms with Gasteiger partial charge in [-0.1, -0.05) is 48.0 Å². The molecule has 5 atom stereocenters. The lowest BCUT2D eigenvalue weighted by molar-refractivity contribution is -0.218. The fourth-order valence-electron chi connectivity index (χ4n) is 4.44. The van der Waals surface area contributed by atoms with Crippen LogP contribution in [-0.2, 0) is 22.4 Å². The second kappa shape index (κ2) is 13.0. The highest BCUT2D eigenvalue weighted by Crippen LogP contribution is 2.36. The van der Waals surface area contributed by atoms with E-state index in [4.69, 9.17) is 26.8 Å². The van der Waals surface area contributed by atoms with Crippen molar-refractivity contribution in [1.82, 2.24) is 0 Å². The van der Waals surface area contributed by atoms with Gasteiger partial charge in [-0.2, -0.15) is 0 Å². The number of benzene rings is 3. The van der Waals surface area contributed by atoms with Gasteiger partial charge in [0.25, 0.3) is 0 Å². The smallest absolute Gasteiger partial charge is 0.221 e. The van der Waals surface area contributed by atoms with Gasteiger partial charge >= 0.3 is 0 Å². The number of amides is 1. The number of aliphatic hydroxyl groups excluding tert-OH is 3. The third-order valence-electron chi connectivity index (χ3n) is 6.46. The van der Waals surface area contributed by atoms with Gasteiger partial charge in [0.1, 0.15) is 30.2 Å². The first-order chi connectivity index (χ1) is 18.2. The number of aliphatic hydroxyl groups is 3. The van der Waals surface area contributed by atoms with E-state index in [2.05, 4.69) is 0 Å². The van der Waals surface area contributed by atoms with Crippen LogP contribution in [-0.4, -0.2) is 58.0 Å². The molecule has 1 aliphatic rings. The fourth-order valence-corrected chi connectivity index (χ4v) is 5.59. The zero-order chi connectivity index (χ0) is 27.2. The van der Waals surface area contributed by atoms with Crippen molar-refractivity contribution < 1.29 is 29.6 Å². The Morgan fingerprint density at radius 1 is 0.974 bits per heavy atom. The molecule has 38 heavy (non-hydrogen) atoms. The molecule has 1 aliphatic heterocycles. The molecule has 0 saturated carbocycles. The van der Waals surface area contributed by atoms with Crippen LogP contribution in [0.25, 0.3) is 0 Å². The summed E-state index contributed by atoms with van der Waals surface area (Å²) in [5, 5.41) is 32.6. The Balaban J connectivity index is 1.46. The van der Waals surface area contributed by atoms with Gasteiger partial charge < -0.3 is 30.5 Å². The highest BCUT2D eigenvalue weighted by Gasteiger charge is 2.44. The third kappa shape index (κ3) is 7.08. The minimum Gasteiger partial charge on any atom is -0.494 e. The highest BCUT2D eigenvalue weighted by atomic mass is 35.5. The maximum absolute atomic E-state index is 11.1. The molecule has 1 heterocycles. The largest absolute Gasteiger partial charge is 0.494 e. The minimum atomic E-state index is -1.37. The van der Waals surface area contributed by atoms with Crippen molar-refractivity contribution in [3.05, 3.63) is 94.0 Å². The molecule has 0 spiro atoms. The summed E-state index contributed by atoms with van der Waals surface area (Å²) in [6.45, 7) is 2.53. The number of hydrogen-bond donors (Lipinski definition) is 4. The second-order valence-electron chi connectivity index (χ2n) is 9.27. The molecule has 1 saturated heterocycles. The van der Waals surface area contributed by atoms with E-state index in [1.54, 1.807) is 12.1 Å². The van der Waals surface area contributed by atoms with Gasteiger partial charge in [-0.05, 0) is 65.9 Å². The molecule has 0 unspecified atom stereocenters. The SMILES string of the molecule is CCOc1ccc(Cc2cc([C@@H]3O[C@H](CSc4ccc(CC(N)=O)cc4)[C@@H](O)[C@H](O)[C@H]3O)ccc2Cl)cc1. The Hall–Kier alpha value is -2.59. The lowest BCUT2D eigenvalue weighted by atomic mass is 9.90. The first kappa shape index (κ1) is 28.4. The fraction of sp³-hybridized carbons (Fsp3) is 0.345. The van der Waals surface area contributed by atoms with Crippen LogP contribution in [0, 0.1) is 0 Å². The number of thioether (sulfide) groups is 1. The molecule has 1 fully saturated rings. The maximum atomic E-state index is 11.1. The summed E-state index contributed by atoms with van der Waals surface area (Å²) in [4.78, 5) is 12.0. The lowest BCUT2D eigenvalue weighted by Gasteiger charge is -2.41. The Labute approximate surface area is 231 Å². The minimum absolute atomic E-state index is 0.169. The first-order valence-electron chi connectivity index (χ1n) is 12.4. The summed E-state index contributed by atoms with van der Waals surface area (Å²) in [5.41, 5.74) is 8.63. The van der Waals surface area contributed by atoms with Gasteiger partial charge in [0, 0.05) is 15.7 Å². The molecule has 3 aromatic carbocycles. The zero-order valence-corrected chi connectivity index (χ0v) is 22.6. The molecule has 202 valence electrons. The van der Waals surface area contributed by atoms with E-state index in [9.17, 15) is 20.1 Å². The topological polar surface area (TPSA) is 122 Å². The summed E-state index contributed by atoms with van der Waals surface area (Å²) in [6.07, 6.45) is -4.76. The standard InChI is InChI=1S/C29H32ClNO6S/c1-2-36-21-8-3-17(4-9-21)13-20-15-19(7-12-23(20)30)29-28(35)27(34)26(33)24(37-29)16-38-22-10-5-18(6-11-22)14-25(31)32/h3-12,15,24,26-29,33-35H,2,13-14,16H2,1H3,(H2,31,32)/t24-,26-,27+,28-,29+/m1/s1. The van der Waals surface area contributed by atoms with E-state index in [1.807, 2.05) is 61.5 Å². The molecule has 0 bridgehead atoms. The van der Waals surface area contributed by atoms with E-state index in [0.29, 0.717) is 29.4 Å². The second-order valence-corrected chi connectivity index (χ2v) is 10.8. The summed E-state index contributed by atoms with van der Waals surface area (Å²) < 4.78 is 11.7. The van der Waals surface area contributed by atoms with Crippen LogP contribution in [0.5, 0.6) is 5.75 Å². The lowest BCUT2D eigenvalue weighted by Crippen LogP contribution is -2.54. The van der Waals surface area contributed by atoms with Crippen LogP contribution in [0.4, 0.5) is 0 Å². The van der Waals surface area contributed by atoms with Crippen LogP contribution in [0.2, 0.25) is 5.02 Å². The van der Waals surface area contributed by atoms with Gasteiger partial charge in [0.15, 0.2) is 0 Å². The van der Waals surface area contributed by atoms with E-state index >= 15 is 0 Å². The average Bonchev–Trinajstić information content (AvgIpc) is 2.90. The number of nitrogens with two attached hydrogens (primary N) is 1. The number of ether oxygens (including phenoxy) is 2. The first-order valence-corrected chi connectivity index (χ1v) is 13.8. The Morgan fingerprint density at radius 3 is 2.32 bits per heavy atom. The monoisotopic (exact) mass is 557 g/mol. The normalized spacial score (nSPS) is 23.2. The maximum Gasteiger partial charge on any atom is 0.221 e. The molecule has 0 radical (unpaired) electrons. The quantitative estimate of drug-likeness (QED) is 0.281. The van der Waals surface area contributed by atoms with Crippen LogP contribution >= 0.6 is 23.4 Å². The predicted molar refractivity (Wildman–Crippen MR) is 148 cm³/mol. The molecular weight excluding hydrogens is 526 g/mol. The van der Waals surface area contributed by atoms with Crippen LogP contribution in [0.3, 0.4) is 0 Å². The van der Waals surface area contributed by atoms with Crippen LogP contribution < -0.4 is 10.5 Å². The molecule has 7 nitrogen and oxygen atoms in total. The Morgan fingerprint density at radius 2 is 1.66 bits per heavy atom. The molecule has 3 aromatic rings. The molecular formula is C29H32ClNO6S. The van der Waals surface area contributed by atoms with Crippen molar-refractivity contribution in [1.29, 1.82) is 0 Å². The van der Waals surface area contributed by atoms with Crippen molar-refractivity contribution in [3.63, 3.8) is 0 Å². The number of hydrogen-bond acceptors (Lipinski definition) is 7. The molecule has 0 aliphatic carbocycles. The number of rotatable bonds is 10. The van der Waals surface area contributed by atoms with Crippen molar-refractivity contribution in [2.75, 3.05) is 12.4 Å². The zero-order valence-electron chi connectivity index (χ0n) is 21.0. The summed E-state index contributed by atoms with van der Waals surface area (Å²) in [5.74, 6) is 0.754. The van der Waals surface area contributed by atoms with Crippen LogP contribution in [0.1, 0.15) is 35.3 Å². The summed E-state index contributed by atoms with van der Waals surface area (Å²) >= 11 is 7.94. The van der Waals surface area contributed by atoms with Gasteiger partial charge in [-0.15, -0.1) is 11.8 Å². The Bertz CT molecular complexity index is 1220. The van der Waals surface area contributed by atoms with E-state index in [0.717, 1.165) is 27.3 Å². The van der Waals surface area contributed by atoms with Crippen LogP contribution in [0.15, 0.2) is 71.6 Å². The summed E-state index contributed by atoms with van der Waals surface area (Å²) in [7, 11) is 0. The number of carbonyl (C=O) groups excluding carboxylic acids is 1. The third-order valence-corrected chi connectivity index (χ3v) is 7.92. The van der Waals surface area contributed by atoms with E-state index in [-0.39, 0.29) is 6.42 Å². The van der Waals surface area contributed by atoms with Gasteiger partial charge in [-0.3, -0.25) is 4.79 Å². The average molecular weight is 558 g/mol. The molecule has 9 heteroatoms. The highest BCUT2D eigenvalue weighted by molar-refractivity contribution is 7.99.